The van der Waals surface area contributed by atoms with Crippen molar-refractivity contribution in [2.24, 2.45) is 0 Å². The van der Waals surface area contributed by atoms with E-state index in [0.717, 1.165) is 18.1 Å². The second-order valence-electron chi connectivity index (χ2n) is 3.24. The smallest absolute Gasteiger partial charge is 0.142 e. The topological polar surface area (TPSA) is 69.6 Å². The summed E-state index contributed by atoms with van der Waals surface area (Å²) in [5.74, 6) is 1.43. The minimum absolute atomic E-state index is 0.446. The van der Waals surface area contributed by atoms with Gasteiger partial charge in [0.2, 0.25) is 0 Å². The minimum Gasteiger partial charge on any atom is -0.382 e. The molecule has 0 amide bonds. The van der Waals surface area contributed by atoms with Crippen LogP contribution < -0.4 is 5.73 Å². The van der Waals surface area contributed by atoms with Crippen molar-refractivity contribution in [2.75, 3.05) is 5.73 Å². The molecule has 2 aromatic heterocycles. The first-order valence-electron chi connectivity index (χ1n) is 4.86. The van der Waals surface area contributed by atoms with E-state index in [-0.39, 0.29) is 0 Å². The van der Waals surface area contributed by atoms with E-state index < -0.39 is 0 Å². The van der Waals surface area contributed by atoms with Gasteiger partial charge in [0.1, 0.15) is 11.6 Å². The fraction of sp³-hybridized carbons (Fsp3) is 0.300. The van der Waals surface area contributed by atoms with Crippen LogP contribution in [0.5, 0.6) is 0 Å². The van der Waals surface area contributed by atoms with Crippen LogP contribution in [0.4, 0.5) is 5.82 Å². The summed E-state index contributed by atoms with van der Waals surface area (Å²) in [6.45, 7) is 2.99. The van der Waals surface area contributed by atoms with Gasteiger partial charge in [-0.1, -0.05) is 0 Å². The van der Waals surface area contributed by atoms with Crippen LogP contribution in [0, 0.1) is 0 Å². The summed E-state index contributed by atoms with van der Waals surface area (Å²) >= 11 is 0. The van der Waals surface area contributed by atoms with E-state index in [1.807, 2.05) is 6.20 Å². The molecule has 78 valence electrons. The van der Waals surface area contributed by atoms with Crippen molar-refractivity contribution >= 4 is 5.82 Å². The lowest BCUT2D eigenvalue weighted by Crippen LogP contribution is -2.04. The highest BCUT2D eigenvalue weighted by Gasteiger charge is 2.04. The summed E-state index contributed by atoms with van der Waals surface area (Å²) in [5.41, 5.74) is 6.40. The first-order valence-corrected chi connectivity index (χ1v) is 4.86. The van der Waals surface area contributed by atoms with Gasteiger partial charge < -0.3 is 10.3 Å². The molecule has 0 spiro atoms. The average Bonchev–Trinajstić information content (AvgIpc) is 2.65. The first kappa shape index (κ1) is 9.64. The highest BCUT2D eigenvalue weighted by molar-refractivity contribution is 5.24. The highest BCUT2D eigenvalue weighted by atomic mass is 15.1. The molecule has 2 rings (SSSR count). The van der Waals surface area contributed by atoms with Crippen molar-refractivity contribution in [3.05, 3.63) is 36.3 Å². The molecule has 0 radical (unpaired) electrons. The second kappa shape index (κ2) is 4.08. The summed E-state index contributed by atoms with van der Waals surface area (Å²) in [5, 5.41) is 0. The Hall–Kier alpha value is -1.91. The number of nitrogens with two attached hydrogens (primary N) is 1. The Morgan fingerprint density at radius 2 is 2.27 bits per heavy atom. The van der Waals surface area contributed by atoms with Crippen molar-refractivity contribution in [3.63, 3.8) is 0 Å². The van der Waals surface area contributed by atoms with Crippen LogP contribution in [0.3, 0.4) is 0 Å². The molecule has 0 aliphatic carbocycles. The standard InChI is InChI=1S/C10H13N5/c1-2-15-4-3-13-10(15)5-8-6-12-7-9(11)14-8/h3-4,6-7H,2,5H2,1H3,(H2,11,14). The normalized spacial score (nSPS) is 10.5. The van der Waals surface area contributed by atoms with E-state index >= 15 is 0 Å². The Kier molecular flexibility index (Phi) is 2.62. The molecule has 0 unspecified atom stereocenters. The van der Waals surface area contributed by atoms with Crippen LogP contribution in [0.2, 0.25) is 0 Å². The summed E-state index contributed by atoms with van der Waals surface area (Å²) in [6.07, 6.45) is 7.66. The van der Waals surface area contributed by atoms with E-state index in [1.54, 1.807) is 12.4 Å². The van der Waals surface area contributed by atoms with Gasteiger partial charge in [0, 0.05) is 31.6 Å². The van der Waals surface area contributed by atoms with Crippen LogP contribution in [0.25, 0.3) is 0 Å². The Labute approximate surface area is 88.0 Å². The van der Waals surface area contributed by atoms with Crippen LogP contribution in [0.1, 0.15) is 18.4 Å². The third-order valence-electron chi connectivity index (χ3n) is 2.18. The van der Waals surface area contributed by atoms with Gasteiger partial charge in [0.25, 0.3) is 0 Å². The molecular formula is C10H13N5. The number of hydrogen-bond donors (Lipinski definition) is 1. The van der Waals surface area contributed by atoms with Crippen molar-refractivity contribution in [3.8, 4) is 0 Å². The van der Waals surface area contributed by atoms with E-state index in [2.05, 4.69) is 26.4 Å². The molecule has 15 heavy (non-hydrogen) atoms. The summed E-state index contributed by atoms with van der Waals surface area (Å²) < 4.78 is 2.07. The number of nitrogens with zero attached hydrogens (tertiary/aromatic N) is 4. The number of rotatable bonds is 3. The molecule has 5 nitrogen and oxygen atoms in total. The molecule has 0 aliphatic heterocycles. The van der Waals surface area contributed by atoms with Gasteiger partial charge in [0.05, 0.1) is 11.9 Å². The van der Waals surface area contributed by atoms with Crippen molar-refractivity contribution in [2.45, 2.75) is 19.9 Å². The molecule has 0 bridgehead atoms. The van der Waals surface area contributed by atoms with Crippen molar-refractivity contribution in [1.82, 2.24) is 19.5 Å². The molecule has 5 heteroatoms. The van der Waals surface area contributed by atoms with E-state index in [1.165, 1.54) is 6.20 Å². The third kappa shape index (κ3) is 2.12. The molecule has 2 aromatic rings. The lowest BCUT2D eigenvalue weighted by molar-refractivity contribution is 0.708. The molecule has 0 saturated heterocycles. The number of imidazole rings is 1. The lowest BCUT2D eigenvalue weighted by Gasteiger charge is -2.04. The van der Waals surface area contributed by atoms with Crippen LogP contribution in [0.15, 0.2) is 24.8 Å². The monoisotopic (exact) mass is 203 g/mol. The van der Waals surface area contributed by atoms with E-state index in [0.29, 0.717) is 12.2 Å². The first-order chi connectivity index (χ1) is 7.29. The molecule has 0 saturated carbocycles. The summed E-state index contributed by atoms with van der Waals surface area (Å²) in [4.78, 5) is 12.4. The summed E-state index contributed by atoms with van der Waals surface area (Å²) in [7, 11) is 0. The number of anilines is 1. The van der Waals surface area contributed by atoms with Gasteiger partial charge in [-0.3, -0.25) is 4.98 Å². The van der Waals surface area contributed by atoms with Crippen molar-refractivity contribution < 1.29 is 0 Å². The molecular weight excluding hydrogens is 190 g/mol. The zero-order valence-corrected chi connectivity index (χ0v) is 8.59. The maximum absolute atomic E-state index is 5.56. The SMILES string of the molecule is CCn1ccnc1Cc1cncc(N)n1. The van der Waals surface area contributed by atoms with Crippen LogP contribution in [-0.2, 0) is 13.0 Å². The average molecular weight is 203 g/mol. The van der Waals surface area contributed by atoms with Crippen LogP contribution >= 0.6 is 0 Å². The zero-order valence-electron chi connectivity index (χ0n) is 8.59. The van der Waals surface area contributed by atoms with E-state index in [9.17, 15) is 0 Å². The molecule has 0 atom stereocenters. The number of aromatic nitrogens is 4. The maximum Gasteiger partial charge on any atom is 0.142 e. The molecule has 0 aliphatic rings. The van der Waals surface area contributed by atoms with Gasteiger partial charge in [-0.05, 0) is 6.92 Å². The molecule has 0 fully saturated rings. The van der Waals surface area contributed by atoms with Gasteiger partial charge in [-0.25, -0.2) is 9.97 Å². The van der Waals surface area contributed by atoms with E-state index in [4.69, 9.17) is 5.73 Å². The fourth-order valence-electron chi connectivity index (χ4n) is 1.47. The van der Waals surface area contributed by atoms with Crippen LogP contribution in [-0.4, -0.2) is 19.5 Å². The number of aryl methyl sites for hydroxylation is 1. The van der Waals surface area contributed by atoms with Gasteiger partial charge in [0.15, 0.2) is 0 Å². The Morgan fingerprint density at radius 1 is 1.40 bits per heavy atom. The summed E-state index contributed by atoms with van der Waals surface area (Å²) in [6, 6.07) is 0. The number of hydrogen-bond acceptors (Lipinski definition) is 4. The maximum atomic E-state index is 5.56. The Morgan fingerprint density at radius 3 is 3.00 bits per heavy atom. The zero-order chi connectivity index (χ0) is 10.7. The third-order valence-corrected chi connectivity index (χ3v) is 2.18. The Bertz CT molecular complexity index is 449. The Balaban J connectivity index is 2.22. The predicted molar refractivity (Wildman–Crippen MR) is 57.2 cm³/mol. The van der Waals surface area contributed by atoms with Gasteiger partial charge >= 0.3 is 0 Å². The molecule has 2 heterocycles. The second-order valence-corrected chi connectivity index (χ2v) is 3.24. The highest BCUT2D eigenvalue weighted by Crippen LogP contribution is 2.06. The predicted octanol–water partition coefficient (Wildman–Crippen LogP) is 0.866. The molecule has 2 N–H and O–H groups in total. The largest absolute Gasteiger partial charge is 0.382 e. The molecule has 0 aromatic carbocycles. The van der Waals surface area contributed by atoms with Gasteiger partial charge in [-0.2, -0.15) is 0 Å². The van der Waals surface area contributed by atoms with Crippen molar-refractivity contribution in [1.29, 1.82) is 0 Å². The van der Waals surface area contributed by atoms with Gasteiger partial charge in [-0.15, -0.1) is 0 Å². The minimum atomic E-state index is 0.446. The lowest BCUT2D eigenvalue weighted by atomic mass is 10.3. The number of nitrogen functional groups attached to an aromatic ring is 1. The fourth-order valence-corrected chi connectivity index (χ4v) is 1.47. The quantitative estimate of drug-likeness (QED) is 0.803.